The molecule has 0 atom stereocenters. The molecule has 331 valence electrons. The zero-order chi connectivity index (χ0) is 40.7. The third-order valence-corrected chi connectivity index (χ3v) is 6.05. The number of aliphatic hydroxyl groups is 1. The summed E-state index contributed by atoms with van der Waals surface area (Å²) in [4.78, 5) is 25.9. The molecule has 3 aliphatic rings. The van der Waals surface area contributed by atoms with Crippen LogP contribution < -0.4 is 35.3 Å². The molecule has 0 bridgehead atoms. The number of furan rings is 3. The van der Waals surface area contributed by atoms with Crippen LogP contribution in [-0.2, 0) is 32.9 Å². The average Bonchev–Trinajstić information content (AvgIpc) is 3.95. The summed E-state index contributed by atoms with van der Waals surface area (Å²) in [6.45, 7) is 21.3. The molecule has 3 aliphatic heterocycles. The number of carbonyl (C=O) groups excluding carboxylic acids is 1. The van der Waals surface area contributed by atoms with Crippen LogP contribution >= 0.6 is 0 Å². The van der Waals surface area contributed by atoms with Crippen LogP contribution in [0.3, 0.4) is 0 Å². The topological polar surface area (TPSA) is 224 Å². The molecular formula is C44H73BN5NaO8Ti-. The van der Waals surface area contributed by atoms with Gasteiger partial charge in [-0.2, -0.15) is 13.8 Å². The quantitative estimate of drug-likeness (QED) is 0.118. The second-order valence-corrected chi connectivity index (χ2v) is 12.9. The Morgan fingerprint density at radius 3 is 1.53 bits per heavy atom. The molecule has 3 aromatic rings. The summed E-state index contributed by atoms with van der Waals surface area (Å²) >= 11 is 0. The van der Waals surface area contributed by atoms with Gasteiger partial charge in [-0.1, -0.05) is 7.43 Å². The fraction of sp³-hybridized carbons (Fsp3) is 0.455. The van der Waals surface area contributed by atoms with E-state index in [0.717, 1.165) is 72.3 Å². The zero-order valence-corrected chi connectivity index (χ0v) is 40.9. The van der Waals surface area contributed by atoms with Gasteiger partial charge in [0.05, 0.1) is 24.1 Å². The Hall–Kier alpha value is -3.17. The van der Waals surface area contributed by atoms with Crippen LogP contribution in [0.25, 0.3) is 0 Å². The second kappa shape index (κ2) is 45.4. The van der Waals surface area contributed by atoms with E-state index >= 15 is 0 Å². The van der Waals surface area contributed by atoms with E-state index in [1.54, 1.807) is 57.7 Å². The summed E-state index contributed by atoms with van der Waals surface area (Å²) in [5.41, 5.74) is 8.49. The van der Waals surface area contributed by atoms with Gasteiger partial charge in [0.25, 0.3) is 0 Å². The van der Waals surface area contributed by atoms with Crippen molar-refractivity contribution in [2.24, 2.45) is 25.7 Å². The molecule has 7 N–H and O–H groups in total. The molecule has 0 saturated carbocycles. The molecule has 0 amide bonds. The van der Waals surface area contributed by atoms with Crippen molar-refractivity contribution in [3.63, 3.8) is 0 Å². The smallest absolute Gasteiger partial charge is 1.00 e. The Morgan fingerprint density at radius 2 is 1.23 bits per heavy atom. The van der Waals surface area contributed by atoms with Gasteiger partial charge < -0.3 is 47.6 Å². The molecule has 0 spiro atoms. The predicted molar refractivity (Wildman–Crippen MR) is 245 cm³/mol. The molecule has 6 rings (SSSR count). The fourth-order valence-electron chi connectivity index (χ4n) is 3.96. The van der Waals surface area contributed by atoms with Crippen molar-refractivity contribution in [3.05, 3.63) is 113 Å². The molecular weight excluding hydrogens is 808 g/mol. The third kappa shape index (κ3) is 42.9. The monoisotopic (exact) mass is 881 g/mol. The van der Waals surface area contributed by atoms with Crippen molar-refractivity contribution >= 4 is 39.6 Å². The number of nitrogens with two attached hydrogens (primary N) is 1. The largest absolute Gasteiger partial charge is 1.00 e. The van der Waals surface area contributed by atoms with Gasteiger partial charge in [-0.05, 0) is 111 Å². The maximum atomic E-state index is 9.93. The number of allylic oxidation sites excluding steroid dienone is 3. The van der Waals surface area contributed by atoms with Crippen LogP contribution in [0.4, 0.5) is 0 Å². The standard InChI is InChI=1S/C11H13NO.C10H10N2O.C6H6O2.C6H14O.C4H6N2.C3H8O.C3H7.CH4.B.Na.2H2O.Ti.H/c1-9-2-4-11(13-9)5-3-10-6-7-12-8-10;1-8-2-3-10(13-8)7-12-9-4-5-11-6-9;1-5-2-3-6(4-7)8-5;1-5(2)7-6(3)4;5-4-1-2-6-3-4;1-3(2)4;1-3-2;;;;;;;/h2,4,7-8H,3,5-6H2,1H3;2-3,5-7H,4H2,1H3;2-4H,1H3;5-6H,1-4H3;2-3H,1,5H2;3-4H,1-2H3;3H,1-2H3;1H4;;;2*1H2;;/q;;;;;;-1;;;+1;;;;-1. The molecule has 0 fully saturated rings. The van der Waals surface area contributed by atoms with Gasteiger partial charge in [-0.15, -0.1) is 0 Å². The number of ether oxygens (including phenoxy) is 1. The summed E-state index contributed by atoms with van der Waals surface area (Å²) in [6, 6.07) is 11.3. The molecule has 0 unspecified atom stereocenters. The van der Waals surface area contributed by atoms with Gasteiger partial charge in [0, 0.05) is 105 Å². The van der Waals surface area contributed by atoms with Crippen LogP contribution in [0, 0.1) is 27.2 Å². The van der Waals surface area contributed by atoms with E-state index in [1.807, 2.05) is 105 Å². The number of aryl methyl sites for hydroxylation is 4. The summed E-state index contributed by atoms with van der Waals surface area (Å²) in [5.74, 6) is 4.91. The molecule has 3 aromatic heterocycles. The average molecular weight is 882 g/mol. The van der Waals surface area contributed by atoms with E-state index in [1.165, 1.54) is 5.57 Å². The molecule has 60 heavy (non-hydrogen) atoms. The van der Waals surface area contributed by atoms with E-state index in [2.05, 4.69) is 20.0 Å². The van der Waals surface area contributed by atoms with Crippen LogP contribution in [0.15, 0.2) is 105 Å². The van der Waals surface area contributed by atoms with Crippen LogP contribution in [0.1, 0.15) is 129 Å². The van der Waals surface area contributed by atoms with Gasteiger partial charge in [0.1, 0.15) is 28.8 Å². The molecule has 0 aromatic carbocycles. The fourth-order valence-corrected chi connectivity index (χ4v) is 3.96. The number of rotatable bonds is 8. The van der Waals surface area contributed by atoms with Gasteiger partial charge in [0.2, 0.25) is 0 Å². The van der Waals surface area contributed by atoms with Crippen molar-refractivity contribution in [1.82, 2.24) is 0 Å². The molecule has 16 heteroatoms. The maximum Gasteiger partial charge on any atom is 1.00 e. The Morgan fingerprint density at radius 1 is 0.783 bits per heavy atom. The number of hydrogen-bond acceptors (Lipinski definition) is 11. The first-order valence-corrected chi connectivity index (χ1v) is 18.3. The first kappa shape index (κ1) is 71.3. The van der Waals surface area contributed by atoms with E-state index < -0.39 is 0 Å². The van der Waals surface area contributed by atoms with Gasteiger partial charge >= 0.3 is 29.6 Å². The normalized spacial score (nSPS) is 11.9. The van der Waals surface area contributed by atoms with Crippen molar-refractivity contribution in [3.8, 4) is 0 Å². The molecule has 0 aliphatic carbocycles. The number of nitrogens with zero attached hydrogens (tertiary/aromatic N) is 4. The molecule has 6 heterocycles. The number of aliphatic hydroxyl groups excluding tert-OH is 1. The Balaban J connectivity index is -0.0000000920. The number of aldehydes is 1. The second-order valence-electron chi connectivity index (χ2n) is 12.9. The van der Waals surface area contributed by atoms with Crippen molar-refractivity contribution < 1.29 is 91.5 Å². The Labute approximate surface area is 401 Å². The first-order chi connectivity index (χ1) is 25.7. The van der Waals surface area contributed by atoms with E-state index in [9.17, 15) is 4.79 Å². The summed E-state index contributed by atoms with van der Waals surface area (Å²) in [6.07, 6.45) is 20.6. The minimum atomic E-state index is -0.167. The predicted octanol–water partition coefficient (Wildman–Crippen LogP) is 6.02. The minimum Gasteiger partial charge on any atom is -1.00 e. The Kier molecular flexibility index (Phi) is 53.9. The van der Waals surface area contributed by atoms with Crippen molar-refractivity contribution in [2.75, 3.05) is 0 Å². The van der Waals surface area contributed by atoms with Crippen LogP contribution in [0.5, 0.6) is 0 Å². The molecule has 0 saturated heterocycles. The van der Waals surface area contributed by atoms with Gasteiger partial charge in [0.15, 0.2) is 12.0 Å². The number of carbonyl (C=O) groups is 1. The van der Waals surface area contributed by atoms with Gasteiger partial charge in [-0.3, -0.25) is 24.8 Å². The zero-order valence-electron chi connectivity index (χ0n) is 38.4. The van der Waals surface area contributed by atoms with E-state index in [-0.39, 0.29) is 85.6 Å². The minimum absolute atomic E-state index is 0. The number of aliphatic imine (C=N–C) groups is 4. The summed E-state index contributed by atoms with van der Waals surface area (Å²) in [5, 5.41) is 8.06. The molecule has 3 radical (unpaired) electrons. The Bertz CT molecular complexity index is 1660. The summed E-state index contributed by atoms with van der Waals surface area (Å²) in [7, 11) is 0. The number of hydrogen-bond donors (Lipinski definition) is 2. The van der Waals surface area contributed by atoms with E-state index in [4.69, 9.17) is 28.8 Å². The first-order valence-electron chi connectivity index (χ1n) is 18.3. The SMILES string of the molecule is C.CC(C)O.CC(C)OC(C)C.C[CH-]C.Cc1ccc(C=NC2=CN=CC2)o1.Cc1ccc(C=O)o1.Cc1ccc(CCC2=CN=CC2)o1.NC1=CN=CC1.O.O.[B].[H-].[Na+].[Ti]. The van der Waals surface area contributed by atoms with Crippen molar-refractivity contribution in [2.45, 2.75) is 134 Å². The molecule has 13 nitrogen and oxygen atoms in total. The van der Waals surface area contributed by atoms with E-state index in [0.29, 0.717) is 24.3 Å². The third-order valence-electron chi connectivity index (χ3n) is 6.05. The summed E-state index contributed by atoms with van der Waals surface area (Å²) < 4.78 is 20.9. The van der Waals surface area contributed by atoms with Crippen LogP contribution in [-0.4, -0.2) is 73.9 Å². The van der Waals surface area contributed by atoms with Crippen molar-refractivity contribution in [1.29, 1.82) is 0 Å². The van der Waals surface area contributed by atoms with Gasteiger partial charge in [-0.25, -0.2) is 0 Å². The maximum absolute atomic E-state index is 9.93. The van der Waals surface area contributed by atoms with Crippen LogP contribution in [0.2, 0.25) is 0 Å².